The summed E-state index contributed by atoms with van der Waals surface area (Å²) < 4.78 is 11.7. The van der Waals surface area contributed by atoms with E-state index in [2.05, 4.69) is 36.1 Å². The molecular formula is C30H37BN2O6. The number of allylic oxidation sites excluding steroid dienone is 2. The van der Waals surface area contributed by atoms with Crippen LogP contribution in [0.3, 0.4) is 0 Å². The molecule has 1 aromatic carbocycles. The van der Waals surface area contributed by atoms with Crippen molar-refractivity contribution < 1.29 is 28.8 Å². The number of carbonyl (C=O) groups excluding carboxylic acids is 2. The number of carbonyl (C=O) groups is 2. The Morgan fingerprint density at radius 1 is 1.03 bits per heavy atom. The number of furan rings is 1. The van der Waals surface area contributed by atoms with Gasteiger partial charge in [0.15, 0.2) is 0 Å². The van der Waals surface area contributed by atoms with Crippen LogP contribution in [0.4, 0.5) is 0 Å². The molecule has 2 N–H and O–H groups in total. The Morgan fingerprint density at radius 3 is 2.49 bits per heavy atom. The van der Waals surface area contributed by atoms with E-state index >= 15 is 0 Å². The molecule has 1 aliphatic carbocycles. The van der Waals surface area contributed by atoms with Crippen LogP contribution < -0.4 is 0 Å². The van der Waals surface area contributed by atoms with Crippen molar-refractivity contribution in [1.82, 2.24) is 9.80 Å². The second-order valence-electron chi connectivity index (χ2n) is 11.5. The van der Waals surface area contributed by atoms with Gasteiger partial charge in [-0.05, 0) is 61.2 Å². The van der Waals surface area contributed by atoms with Crippen molar-refractivity contribution in [3.63, 3.8) is 0 Å². The summed E-state index contributed by atoms with van der Waals surface area (Å²) in [6.45, 7) is 4.44. The van der Waals surface area contributed by atoms with E-state index in [1.807, 2.05) is 6.07 Å². The SMILES string of the molecule is CCCC1=C2B(O)O[C@H](c3ccc(CO)o3)C[C@H]2[C@H]2C(=O)N(C3CCN(Cc4ccccc4)CC3)C(=O)[C@H]2C1. The fourth-order valence-corrected chi connectivity index (χ4v) is 7.35. The van der Waals surface area contributed by atoms with Gasteiger partial charge >= 0.3 is 7.12 Å². The number of likely N-dealkylation sites (tertiary alicyclic amines) is 2. The molecular weight excluding hydrogens is 495 g/mol. The van der Waals surface area contributed by atoms with Crippen LogP contribution in [0, 0.1) is 17.8 Å². The molecule has 0 saturated carbocycles. The number of benzene rings is 1. The lowest BCUT2D eigenvalue weighted by atomic mass is 9.55. The highest BCUT2D eigenvalue weighted by molar-refractivity contribution is 6.53. The van der Waals surface area contributed by atoms with E-state index in [0.29, 0.717) is 24.4 Å². The highest BCUT2D eigenvalue weighted by Gasteiger charge is 2.59. The molecule has 4 heterocycles. The zero-order chi connectivity index (χ0) is 27.1. The topological polar surface area (TPSA) is 103 Å². The van der Waals surface area contributed by atoms with Gasteiger partial charge in [-0.1, -0.05) is 49.2 Å². The second-order valence-corrected chi connectivity index (χ2v) is 11.5. The van der Waals surface area contributed by atoms with Gasteiger partial charge in [0.05, 0.1) is 11.8 Å². The molecule has 39 heavy (non-hydrogen) atoms. The Balaban J connectivity index is 1.22. The predicted octanol–water partition coefficient (Wildman–Crippen LogP) is 3.64. The smallest absolute Gasteiger partial charge is 0.461 e. The second kappa shape index (κ2) is 11.0. The van der Waals surface area contributed by atoms with Crippen LogP contribution in [0.5, 0.6) is 0 Å². The minimum Gasteiger partial charge on any atom is -0.461 e. The maximum Gasteiger partial charge on any atom is 0.487 e. The van der Waals surface area contributed by atoms with E-state index in [-0.39, 0.29) is 36.3 Å². The zero-order valence-electron chi connectivity index (χ0n) is 22.5. The van der Waals surface area contributed by atoms with Gasteiger partial charge in [-0.2, -0.15) is 0 Å². The van der Waals surface area contributed by atoms with Gasteiger partial charge in [-0.15, -0.1) is 0 Å². The molecule has 9 heteroatoms. The summed E-state index contributed by atoms with van der Waals surface area (Å²) >= 11 is 0. The van der Waals surface area contributed by atoms with Gasteiger partial charge in [-0.3, -0.25) is 19.4 Å². The molecule has 0 unspecified atom stereocenters. The van der Waals surface area contributed by atoms with Crippen molar-refractivity contribution in [2.24, 2.45) is 17.8 Å². The summed E-state index contributed by atoms with van der Waals surface area (Å²) in [4.78, 5) is 31.9. The Hall–Kier alpha value is -2.72. The Morgan fingerprint density at radius 2 is 1.79 bits per heavy atom. The van der Waals surface area contributed by atoms with Crippen molar-refractivity contribution in [3.8, 4) is 0 Å². The van der Waals surface area contributed by atoms with Crippen molar-refractivity contribution in [2.75, 3.05) is 13.1 Å². The average molecular weight is 532 g/mol. The number of hydrogen-bond acceptors (Lipinski definition) is 7. The number of fused-ring (bicyclic) bond motifs is 3. The molecule has 2 aromatic rings. The molecule has 206 valence electrons. The number of imide groups is 1. The molecule has 3 saturated heterocycles. The van der Waals surface area contributed by atoms with Crippen LogP contribution in [-0.4, -0.2) is 58.0 Å². The first kappa shape index (κ1) is 26.5. The molecule has 6 rings (SSSR count). The quantitative estimate of drug-likeness (QED) is 0.415. The molecule has 8 nitrogen and oxygen atoms in total. The number of hydrogen-bond donors (Lipinski definition) is 2. The van der Waals surface area contributed by atoms with E-state index in [1.165, 1.54) is 5.56 Å². The third-order valence-electron chi connectivity index (χ3n) is 9.12. The van der Waals surface area contributed by atoms with Gasteiger partial charge in [-0.25, -0.2) is 0 Å². The van der Waals surface area contributed by atoms with Crippen LogP contribution in [0.2, 0.25) is 0 Å². The van der Waals surface area contributed by atoms with Crippen LogP contribution in [0.25, 0.3) is 0 Å². The third-order valence-corrected chi connectivity index (χ3v) is 9.12. The maximum absolute atomic E-state index is 14.0. The van der Waals surface area contributed by atoms with Crippen LogP contribution in [0.15, 0.2) is 57.9 Å². The van der Waals surface area contributed by atoms with Crippen molar-refractivity contribution >= 4 is 18.9 Å². The van der Waals surface area contributed by atoms with Gasteiger partial charge in [0, 0.05) is 25.7 Å². The molecule has 0 spiro atoms. The first-order valence-electron chi connectivity index (χ1n) is 14.4. The fourth-order valence-electron chi connectivity index (χ4n) is 7.35. The summed E-state index contributed by atoms with van der Waals surface area (Å²) in [5.74, 6) is -0.328. The minimum absolute atomic E-state index is 0.0442. The van der Waals surface area contributed by atoms with E-state index in [0.717, 1.165) is 56.4 Å². The highest BCUT2D eigenvalue weighted by atomic mass is 16.5. The third kappa shape index (κ3) is 4.90. The average Bonchev–Trinajstić information content (AvgIpc) is 3.52. The molecule has 0 bridgehead atoms. The summed E-state index contributed by atoms with van der Waals surface area (Å²) in [6.07, 6.45) is 3.65. The fraction of sp³-hybridized carbons (Fsp3) is 0.533. The predicted molar refractivity (Wildman–Crippen MR) is 145 cm³/mol. The minimum atomic E-state index is -1.14. The normalized spacial score (nSPS) is 28.3. The van der Waals surface area contributed by atoms with Crippen molar-refractivity contribution in [3.05, 3.63) is 70.6 Å². The maximum atomic E-state index is 14.0. The summed E-state index contributed by atoms with van der Waals surface area (Å²) in [5, 5.41) is 20.6. The van der Waals surface area contributed by atoms with Crippen LogP contribution in [0.1, 0.15) is 68.6 Å². The number of rotatable bonds is 7. The Kier molecular flexibility index (Phi) is 7.50. The molecule has 1 aromatic heterocycles. The van der Waals surface area contributed by atoms with Crippen LogP contribution in [-0.2, 0) is 27.4 Å². The summed E-state index contributed by atoms with van der Waals surface area (Å²) in [6, 6.07) is 13.7. The molecule has 4 aliphatic rings. The Bertz CT molecular complexity index is 1240. The molecule has 3 aliphatic heterocycles. The molecule has 3 fully saturated rings. The lowest BCUT2D eigenvalue weighted by Gasteiger charge is -2.41. The lowest BCUT2D eigenvalue weighted by Crippen LogP contribution is -2.48. The highest BCUT2D eigenvalue weighted by Crippen LogP contribution is 2.52. The number of amides is 2. The van der Waals surface area contributed by atoms with Crippen LogP contribution >= 0.6 is 0 Å². The zero-order valence-corrected chi connectivity index (χ0v) is 22.5. The molecule has 4 atom stereocenters. The monoisotopic (exact) mass is 532 g/mol. The lowest BCUT2D eigenvalue weighted by molar-refractivity contribution is -0.144. The van der Waals surface area contributed by atoms with Crippen molar-refractivity contribution in [1.29, 1.82) is 0 Å². The Labute approximate surface area is 229 Å². The number of piperidine rings is 1. The van der Waals surface area contributed by atoms with Gasteiger partial charge < -0.3 is 19.2 Å². The molecule has 0 radical (unpaired) electrons. The van der Waals surface area contributed by atoms with E-state index in [9.17, 15) is 19.7 Å². The first-order valence-corrected chi connectivity index (χ1v) is 14.4. The summed E-state index contributed by atoms with van der Waals surface area (Å²) in [7, 11) is -1.14. The number of aliphatic hydroxyl groups is 1. The van der Waals surface area contributed by atoms with Gasteiger partial charge in [0.25, 0.3) is 0 Å². The van der Waals surface area contributed by atoms with E-state index in [4.69, 9.17) is 9.07 Å². The van der Waals surface area contributed by atoms with Gasteiger partial charge in [0.2, 0.25) is 11.8 Å². The molecule has 2 amide bonds. The number of aliphatic hydroxyl groups excluding tert-OH is 1. The first-order chi connectivity index (χ1) is 19.0. The van der Waals surface area contributed by atoms with E-state index < -0.39 is 19.1 Å². The van der Waals surface area contributed by atoms with Gasteiger partial charge in [0.1, 0.15) is 24.2 Å². The standard InChI is InChI=1S/C30H37BN2O6/c1-2-6-20-15-24-27(23-16-26(39-31(37)28(20)23)25-10-9-22(18-34)38-25)30(36)33(29(24)35)21-11-13-32(14-12-21)17-19-7-4-3-5-8-19/h3-5,7-10,21,23-24,26-27,34,37H,2,6,11-18H2,1H3/t23-,24-,26-,27+/m0/s1. The largest absolute Gasteiger partial charge is 0.487 e. The summed E-state index contributed by atoms with van der Waals surface area (Å²) in [5.41, 5.74) is 3.13. The van der Waals surface area contributed by atoms with E-state index in [1.54, 1.807) is 17.0 Å². The number of nitrogens with zero attached hydrogens (tertiary/aromatic N) is 2. The van der Waals surface area contributed by atoms with Crippen molar-refractivity contribution in [2.45, 2.75) is 70.7 Å².